The molecule has 0 spiro atoms. The third-order valence-corrected chi connectivity index (χ3v) is 0.857. The zero-order chi connectivity index (χ0) is 7.98. The molecule has 0 aromatic carbocycles. The largest absolute Gasteiger partial charge is 0.384 e. The van der Waals surface area contributed by atoms with Gasteiger partial charge in [-0.05, 0) is 0 Å². The Morgan fingerprint density at radius 3 is 2.80 bits per heavy atom. The highest BCUT2D eigenvalue weighted by atomic mass is 15.3. The number of rotatable bonds is 3. The molecule has 1 atom stereocenters. The topological polar surface area (TPSA) is 124 Å². The average Bonchev–Trinajstić information content (AvgIpc) is 1.89. The van der Waals surface area contributed by atoms with Crippen molar-refractivity contribution in [3.63, 3.8) is 0 Å². The van der Waals surface area contributed by atoms with Gasteiger partial charge >= 0.3 is 0 Å². The van der Waals surface area contributed by atoms with Gasteiger partial charge in [0, 0.05) is 0 Å². The van der Waals surface area contributed by atoms with E-state index in [4.69, 9.17) is 22.3 Å². The Labute approximate surface area is 58.0 Å². The van der Waals surface area contributed by atoms with Crippen molar-refractivity contribution in [1.82, 2.24) is 0 Å². The lowest BCUT2D eigenvalue weighted by Gasteiger charge is -2.02. The summed E-state index contributed by atoms with van der Waals surface area (Å²) in [6.45, 7) is 0. The monoisotopic (exact) mass is 140 g/mol. The van der Waals surface area contributed by atoms with Gasteiger partial charge in [0.05, 0.1) is 18.5 Å². The first-order chi connectivity index (χ1) is 4.72. The second kappa shape index (κ2) is 4.40. The van der Waals surface area contributed by atoms with Gasteiger partial charge in [0.1, 0.15) is 5.84 Å². The second-order valence-corrected chi connectivity index (χ2v) is 1.59. The maximum atomic E-state index is 8.14. The molecule has 0 aliphatic carbocycles. The van der Waals surface area contributed by atoms with Crippen LogP contribution >= 0.6 is 0 Å². The van der Waals surface area contributed by atoms with E-state index in [1.165, 1.54) is 0 Å². The van der Waals surface area contributed by atoms with Gasteiger partial charge in [-0.2, -0.15) is 10.8 Å². The van der Waals surface area contributed by atoms with Crippen LogP contribution in [0.3, 0.4) is 0 Å². The van der Waals surface area contributed by atoms with E-state index >= 15 is 0 Å². The van der Waals surface area contributed by atoms with Crippen LogP contribution in [0, 0.1) is 16.9 Å². The number of amidine groups is 1. The predicted octanol–water partition coefficient (Wildman–Crippen LogP) is -0.469. The lowest BCUT2D eigenvalue weighted by atomic mass is 10.2. The van der Waals surface area contributed by atoms with Crippen molar-refractivity contribution in [3.05, 3.63) is 0 Å². The Bertz CT molecular complexity index is 177. The molecule has 0 aliphatic rings. The molecule has 0 saturated carbocycles. The van der Waals surface area contributed by atoms with Crippen molar-refractivity contribution in [2.45, 2.75) is 12.5 Å². The average molecular weight is 140 g/mol. The van der Waals surface area contributed by atoms with E-state index in [-0.39, 0.29) is 12.3 Å². The Balaban J connectivity index is 3.95. The lowest BCUT2D eigenvalue weighted by molar-refractivity contribution is 0.854. The first-order valence-electron chi connectivity index (χ1n) is 2.54. The maximum absolute atomic E-state index is 8.14. The van der Waals surface area contributed by atoms with E-state index in [9.17, 15) is 0 Å². The number of nitrogens with two attached hydrogens (primary N) is 2. The van der Waals surface area contributed by atoms with Gasteiger partial charge in [-0.3, -0.25) is 0 Å². The minimum atomic E-state index is -0.612. The minimum absolute atomic E-state index is 0.0107. The Kier molecular flexibility index (Phi) is 3.75. The second-order valence-electron chi connectivity index (χ2n) is 1.59. The zero-order valence-electron chi connectivity index (χ0n) is 5.28. The number of hydrogen-bond acceptors (Lipinski definition) is 4. The molecule has 10 heavy (non-hydrogen) atoms. The fourth-order valence-electron chi connectivity index (χ4n) is 0.335. The molecule has 5 N–H and O–H groups in total. The minimum Gasteiger partial charge on any atom is -0.384 e. The van der Waals surface area contributed by atoms with Crippen molar-refractivity contribution < 1.29 is 0 Å². The molecule has 0 bridgehead atoms. The van der Waals surface area contributed by atoms with Crippen molar-refractivity contribution in [1.29, 1.82) is 10.8 Å². The molecular weight excluding hydrogens is 132 g/mol. The summed E-state index contributed by atoms with van der Waals surface area (Å²) in [5.74, 6) is 0.0107. The molecule has 0 radical (unpaired) electrons. The van der Waals surface area contributed by atoms with Crippen molar-refractivity contribution >= 4 is 5.84 Å². The normalized spacial score (nSPS) is 13.8. The summed E-state index contributed by atoms with van der Waals surface area (Å²) in [4.78, 5) is 0. The van der Waals surface area contributed by atoms with Gasteiger partial charge in [0.15, 0.2) is 0 Å². The lowest BCUT2D eigenvalue weighted by Crippen LogP contribution is -2.36. The van der Waals surface area contributed by atoms with Gasteiger partial charge in [0.2, 0.25) is 0 Å². The maximum Gasteiger partial charge on any atom is 0.142 e. The predicted molar refractivity (Wildman–Crippen MR) is 35.0 cm³/mol. The van der Waals surface area contributed by atoms with Gasteiger partial charge in [-0.15, -0.1) is 5.10 Å². The zero-order valence-corrected chi connectivity index (χ0v) is 5.28. The highest BCUT2D eigenvalue weighted by Gasteiger charge is 2.05. The van der Waals surface area contributed by atoms with E-state index in [2.05, 4.69) is 10.3 Å². The van der Waals surface area contributed by atoms with Crippen LogP contribution in [0.2, 0.25) is 0 Å². The van der Waals surface area contributed by atoms with E-state index in [0.717, 1.165) is 0 Å². The Morgan fingerprint density at radius 2 is 2.40 bits per heavy atom. The van der Waals surface area contributed by atoms with Crippen LogP contribution < -0.4 is 11.5 Å². The molecular formula is C4H8N6. The molecule has 0 heterocycles. The Morgan fingerprint density at radius 1 is 1.80 bits per heavy atom. The molecule has 6 heteroatoms. The van der Waals surface area contributed by atoms with Gasteiger partial charge in [-0.1, -0.05) is 5.22 Å². The first kappa shape index (κ1) is 8.52. The Hall–Kier alpha value is -1.48. The summed E-state index contributed by atoms with van der Waals surface area (Å²) in [6.07, 6.45) is 0.0881. The summed E-state index contributed by atoms with van der Waals surface area (Å²) in [5, 5.41) is 14.0. The van der Waals surface area contributed by atoms with E-state index in [1.54, 1.807) is 0 Å². The van der Waals surface area contributed by atoms with Crippen LogP contribution in [0.1, 0.15) is 6.42 Å². The molecule has 0 aromatic rings. The fraction of sp³-hybridized carbons (Fsp3) is 0.500. The molecule has 0 rings (SSSR count). The first-order valence-corrected chi connectivity index (χ1v) is 2.54. The molecule has 0 amide bonds. The summed E-state index contributed by atoms with van der Waals surface area (Å²) >= 11 is 0. The van der Waals surface area contributed by atoms with Crippen molar-refractivity contribution in [2.24, 2.45) is 21.8 Å². The molecule has 54 valence electrons. The van der Waals surface area contributed by atoms with E-state index in [0.29, 0.717) is 0 Å². The highest BCUT2D eigenvalue weighted by Crippen LogP contribution is 1.85. The van der Waals surface area contributed by atoms with E-state index in [1.807, 2.05) is 6.07 Å². The number of nitrogens with zero attached hydrogens (tertiary/aromatic N) is 3. The molecule has 6 nitrogen and oxygen atoms in total. The fourth-order valence-corrected chi connectivity index (χ4v) is 0.335. The van der Waals surface area contributed by atoms with Crippen LogP contribution in [0.15, 0.2) is 10.3 Å². The summed E-state index contributed by atoms with van der Waals surface area (Å²) < 4.78 is 0. The quantitative estimate of drug-likeness (QED) is 0.212. The number of hydrogen-bond donors (Lipinski definition) is 3. The van der Waals surface area contributed by atoms with Crippen LogP contribution in [-0.4, -0.2) is 11.9 Å². The van der Waals surface area contributed by atoms with Gasteiger partial charge in [0.25, 0.3) is 0 Å². The molecule has 1 unspecified atom stereocenters. The smallest absolute Gasteiger partial charge is 0.142 e. The van der Waals surface area contributed by atoms with Gasteiger partial charge < -0.3 is 11.5 Å². The van der Waals surface area contributed by atoms with Crippen LogP contribution in [0.4, 0.5) is 0 Å². The summed E-state index contributed by atoms with van der Waals surface area (Å²) in [5.41, 5.74) is 16.7. The standard InChI is InChI=1S/C4H8N6/c5-2-1-3(6)4(7)9-10-8/h3H,1,6H2,(H3,7,8,9). The number of nitrogens with one attached hydrogen (secondary N) is 1. The van der Waals surface area contributed by atoms with Crippen LogP contribution in [0.5, 0.6) is 0 Å². The molecule has 0 aromatic heterocycles. The van der Waals surface area contributed by atoms with Gasteiger partial charge in [-0.25, -0.2) is 0 Å². The SMILES string of the molecule is N#CCC(N)C(N)=NN=N. The van der Waals surface area contributed by atoms with Crippen molar-refractivity contribution in [2.75, 3.05) is 0 Å². The summed E-state index contributed by atoms with van der Waals surface area (Å²) in [7, 11) is 0. The number of nitriles is 1. The molecule has 0 aliphatic heterocycles. The molecule has 0 saturated heterocycles. The third-order valence-electron chi connectivity index (χ3n) is 0.857. The van der Waals surface area contributed by atoms with Crippen molar-refractivity contribution in [3.8, 4) is 6.07 Å². The molecule has 0 fully saturated rings. The van der Waals surface area contributed by atoms with Crippen LogP contribution in [-0.2, 0) is 0 Å². The van der Waals surface area contributed by atoms with Crippen LogP contribution in [0.25, 0.3) is 0 Å². The summed E-state index contributed by atoms with van der Waals surface area (Å²) in [6, 6.07) is 1.21. The highest BCUT2D eigenvalue weighted by molar-refractivity contribution is 5.85. The van der Waals surface area contributed by atoms with E-state index < -0.39 is 6.04 Å². The third kappa shape index (κ3) is 2.74.